The lowest BCUT2D eigenvalue weighted by Gasteiger charge is -2.24. The van der Waals surface area contributed by atoms with E-state index < -0.39 is 0 Å². The Kier molecular flexibility index (Phi) is 8.71. The number of hydrogen-bond donors (Lipinski definition) is 2. The maximum atomic E-state index is 5.99. The normalized spacial score (nSPS) is 11.4. The summed E-state index contributed by atoms with van der Waals surface area (Å²) >= 11 is 3.49. The SMILES string of the molecule is NC(=NCCCn1ccnc1)NCCCN(Cc1ccc(Br)cc1)c1ccccn1. The molecule has 0 saturated carbocycles. The first kappa shape index (κ1) is 21.8. The van der Waals surface area contributed by atoms with Gasteiger partial charge in [-0.2, -0.15) is 0 Å². The zero-order chi connectivity index (χ0) is 21.0. The van der Waals surface area contributed by atoms with Crippen LogP contribution in [0.3, 0.4) is 0 Å². The Morgan fingerprint density at radius 3 is 2.73 bits per heavy atom. The minimum absolute atomic E-state index is 0.498. The average Bonchev–Trinajstić information content (AvgIpc) is 3.29. The van der Waals surface area contributed by atoms with Crippen molar-refractivity contribution in [2.45, 2.75) is 25.9 Å². The molecule has 0 bridgehead atoms. The second kappa shape index (κ2) is 12.0. The molecule has 0 saturated heterocycles. The molecule has 1 aromatic carbocycles. The summed E-state index contributed by atoms with van der Waals surface area (Å²) < 4.78 is 3.12. The summed E-state index contributed by atoms with van der Waals surface area (Å²) in [5.41, 5.74) is 7.23. The molecule has 0 unspecified atom stereocenters. The molecule has 0 aliphatic carbocycles. The largest absolute Gasteiger partial charge is 0.370 e. The van der Waals surface area contributed by atoms with Crippen LogP contribution in [-0.2, 0) is 13.1 Å². The van der Waals surface area contributed by atoms with Gasteiger partial charge in [0.05, 0.1) is 6.33 Å². The Hall–Kier alpha value is -2.87. The zero-order valence-corrected chi connectivity index (χ0v) is 18.6. The van der Waals surface area contributed by atoms with E-state index in [1.807, 2.05) is 41.5 Å². The molecule has 0 aliphatic rings. The number of aryl methyl sites for hydroxylation is 1. The highest BCUT2D eigenvalue weighted by molar-refractivity contribution is 9.10. The molecule has 158 valence electrons. The molecule has 8 heteroatoms. The number of nitrogens with two attached hydrogens (primary N) is 1. The van der Waals surface area contributed by atoms with E-state index in [4.69, 9.17) is 5.73 Å². The summed E-state index contributed by atoms with van der Waals surface area (Å²) in [4.78, 5) is 15.2. The monoisotopic (exact) mass is 469 g/mol. The van der Waals surface area contributed by atoms with Crippen LogP contribution in [0.15, 0.2) is 76.8 Å². The zero-order valence-electron chi connectivity index (χ0n) is 17.0. The van der Waals surface area contributed by atoms with E-state index in [1.54, 1.807) is 6.20 Å². The molecule has 0 atom stereocenters. The van der Waals surface area contributed by atoms with Gasteiger partial charge in [0.2, 0.25) is 0 Å². The van der Waals surface area contributed by atoms with Gasteiger partial charge in [-0.3, -0.25) is 4.99 Å². The van der Waals surface area contributed by atoms with Gasteiger partial charge in [-0.05, 0) is 42.7 Å². The van der Waals surface area contributed by atoms with Crippen LogP contribution in [0.25, 0.3) is 0 Å². The van der Waals surface area contributed by atoms with Crippen molar-refractivity contribution in [1.29, 1.82) is 0 Å². The van der Waals surface area contributed by atoms with Gasteiger partial charge >= 0.3 is 0 Å². The fourth-order valence-electron chi connectivity index (χ4n) is 3.04. The van der Waals surface area contributed by atoms with E-state index in [-0.39, 0.29) is 0 Å². The van der Waals surface area contributed by atoms with Gasteiger partial charge in [0, 0.05) is 55.8 Å². The molecule has 3 aromatic rings. The minimum Gasteiger partial charge on any atom is -0.370 e. The number of pyridine rings is 1. The third-order valence-corrected chi connectivity index (χ3v) is 5.12. The van der Waals surface area contributed by atoms with Gasteiger partial charge in [-0.15, -0.1) is 0 Å². The number of nitrogens with one attached hydrogen (secondary N) is 1. The molecule has 0 fully saturated rings. The first-order valence-electron chi connectivity index (χ1n) is 10.1. The molecule has 3 N–H and O–H groups in total. The minimum atomic E-state index is 0.498. The van der Waals surface area contributed by atoms with Gasteiger partial charge in [-0.1, -0.05) is 34.1 Å². The Bertz CT molecular complexity index is 880. The average molecular weight is 470 g/mol. The number of hydrogen-bond acceptors (Lipinski definition) is 4. The second-order valence-corrected chi connectivity index (χ2v) is 7.85. The lowest BCUT2D eigenvalue weighted by molar-refractivity contribution is 0.647. The van der Waals surface area contributed by atoms with E-state index in [2.05, 4.69) is 65.4 Å². The van der Waals surface area contributed by atoms with Crippen LogP contribution in [0.2, 0.25) is 0 Å². The smallest absolute Gasteiger partial charge is 0.188 e. The molecule has 0 spiro atoms. The van der Waals surface area contributed by atoms with Crippen molar-refractivity contribution < 1.29 is 0 Å². The van der Waals surface area contributed by atoms with E-state index in [9.17, 15) is 0 Å². The van der Waals surface area contributed by atoms with E-state index >= 15 is 0 Å². The fraction of sp³-hybridized carbons (Fsp3) is 0.318. The topological polar surface area (TPSA) is 84.4 Å². The van der Waals surface area contributed by atoms with Crippen molar-refractivity contribution >= 4 is 27.7 Å². The second-order valence-electron chi connectivity index (χ2n) is 6.94. The molecule has 2 heterocycles. The summed E-state index contributed by atoms with van der Waals surface area (Å²) in [6, 6.07) is 14.4. The number of imidazole rings is 1. The van der Waals surface area contributed by atoms with Crippen molar-refractivity contribution in [1.82, 2.24) is 19.9 Å². The van der Waals surface area contributed by atoms with Crippen molar-refractivity contribution in [3.63, 3.8) is 0 Å². The van der Waals surface area contributed by atoms with Crippen LogP contribution in [0.4, 0.5) is 5.82 Å². The maximum absolute atomic E-state index is 5.99. The summed E-state index contributed by atoms with van der Waals surface area (Å²) in [6.07, 6.45) is 9.23. The first-order valence-corrected chi connectivity index (χ1v) is 10.9. The predicted octanol–water partition coefficient (Wildman–Crippen LogP) is 3.43. The lowest BCUT2D eigenvalue weighted by atomic mass is 10.2. The van der Waals surface area contributed by atoms with Crippen molar-refractivity contribution in [3.05, 3.63) is 77.4 Å². The summed E-state index contributed by atoms with van der Waals surface area (Å²) in [7, 11) is 0. The third kappa shape index (κ3) is 7.51. The molecule has 7 nitrogen and oxygen atoms in total. The number of benzene rings is 1. The van der Waals surface area contributed by atoms with Crippen LogP contribution in [0.1, 0.15) is 18.4 Å². The predicted molar refractivity (Wildman–Crippen MR) is 125 cm³/mol. The summed E-state index contributed by atoms with van der Waals surface area (Å²) in [6.45, 7) is 4.03. The Morgan fingerprint density at radius 2 is 2.00 bits per heavy atom. The van der Waals surface area contributed by atoms with Crippen LogP contribution in [-0.4, -0.2) is 40.1 Å². The third-order valence-electron chi connectivity index (χ3n) is 4.59. The number of nitrogens with zero attached hydrogens (tertiary/aromatic N) is 5. The highest BCUT2D eigenvalue weighted by atomic mass is 79.9. The van der Waals surface area contributed by atoms with Gasteiger partial charge in [-0.25, -0.2) is 9.97 Å². The number of halogens is 1. The molecular weight excluding hydrogens is 442 g/mol. The molecular formula is C22H28BrN7. The number of aliphatic imine (C=N–C) groups is 1. The Balaban J connectivity index is 1.43. The number of aromatic nitrogens is 3. The maximum Gasteiger partial charge on any atom is 0.188 e. The standard InChI is InChI=1S/C22H28BrN7/c23-20-8-6-19(7-9-20)17-30(21-5-1-2-10-26-21)15-4-12-28-22(24)27-11-3-14-29-16-13-25-18-29/h1-2,5-10,13,16,18H,3-4,11-12,14-15,17H2,(H3,24,27,28). The van der Waals surface area contributed by atoms with E-state index in [0.717, 1.165) is 49.3 Å². The summed E-state index contributed by atoms with van der Waals surface area (Å²) in [5.74, 6) is 1.47. The fourth-order valence-corrected chi connectivity index (χ4v) is 3.30. The van der Waals surface area contributed by atoms with Gasteiger partial charge in [0.1, 0.15) is 5.82 Å². The lowest BCUT2D eigenvalue weighted by Crippen LogP contribution is -2.34. The first-order chi connectivity index (χ1) is 14.7. The van der Waals surface area contributed by atoms with Crippen molar-refractivity contribution in [3.8, 4) is 0 Å². The van der Waals surface area contributed by atoms with Gasteiger partial charge < -0.3 is 20.5 Å². The van der Waals surface area contributed by atoms with Gasteiger partial charge in [0.25, 0.3) is 0 Å². The van der Waals surface area contributed by atoms with Crippen LogP contribution in [0, 0.1) is 0 Å². The van der Waals surface area contributed by atoms with Crippen molar-refractivity contribution in [2.24, 2.45) is 10.7 Å². The van der Waals surface area contributed by atoms with Crippen LogP contribution in [0.5, 0.6) is 0 Å². The number of guanidine groups is 1. The number of rotatable bonds is 11. The summed E-state index contributed by atoms with van der Waals surface area (Å²) in [5, 5.41) is 3.21. The number of anilines is 1. The van der Waals surface area contributed by atoms with Crippen LogP contribution >= 0.6 is 15.9 Å². The van der Waals surface area contributed by atoms with Gasteiger partial charge in [0.15, 0.2) is 5.96 Å². The molecule has 3 rings (SSSR count). The van der Waals surface area contributed by atoms with Crippen LogP contribution < -0.4 is 16.0 Å². The van der Waals surface area contributed by atoms with E-state index in [1.165, 1.54) is 5.56 Å². The van der Waals surface area contributed by atoms with E-state index in [0.29, 0.717) is 12.5 Å². The molecule has 0 aliphatic heterocycles. The Labute approximate surface area is 186 Å². The molecule has 2 aromatic heterocycles. The molecule has 0 radical (unpaired) electrons. The van der Waals surface area contributed by atoms with Crippen molar-refractivity contribution in [2.75, 3.05) is 24.5 Å². The Morgan fingerprint density at radius 1 is 1.13 bits per heavy atom. The molecule has 30 heavy (non-hydrogen) atoms. The highest BCUT2D eigenvalue weighted by Gasteiger charge is 2.08. The highest BCUT2D eigenvalue weighted by Crippen LogP contribution is 2.16. The quantitative estimate of drug-likeness (QED) is 0.255. The molecule has 0 amide bonds.